The van der Waals surface area contributed by atoms with Crippen LogP contribution in [0, 0.1) is 15.9 Å². The van der Waals surface area contributed by atoms with Crippen molar-refractivity contribution in [2.75, 3.05) is 0 Å². The number of alkyl halides is 2. The summed E-state index contributed by atoms with van der Waals surface area (Å²) in [4.78, 5) is 10.0. The van der Waals surface area contributed by atoms with Crippen LogP contribution in [0.4, 0.5) is 19.0 Å². The number of aromatic nitrogens is 2. The van der Waals surface area contributed by atoms with Gasteiger partial charge in [-0.2, -0.15) is 4.68 Å². The highest BCUT2D eigenvalue weighted by Gasteiger charge is 2.32. The lowest BCUT2D eigenvalue weighted by molar-refractivity contribution is -0.389. The number of rotatable bonds is 3. The van der Waals surface area contributed by atoms with Crippen LogP contribution in [0.2, 0.25) is 0 Å². The van der Waals surface area contributed by atoms with Crippen molar-refractivity contribution in [1.29, 1.82) is 0 Å². The Bertz CT molecular complexity index is 623. The van der Waals surface area contributed by atoms with Gasteiger partial charge in [0.15, 0.2) is 0 Å². The number of benzene rings is 1. The molecule has 2 aromatic rings. The number of aryl methyl sites for hydroxylation is 1. The lowest BCUT2D eigenvalue weighted by Gasteiger charge is -2.03. The van der Waals surface area contributed by atoms with Gasteiger partial charge in [-0.25, -0.2) is 13.2 Å². The number of halogens is 3. The second kappa shape index (κ2) is 4.71. The van der Waals surface area contributed by atoms with Gasteiger partial charge in [-0.15, -0.1) is 0 Å². The van der Waals surface area contributed by atoms with Crippen LogP contribution in [0.1, 0.15) is 12.1 Å². The monoisotopic (exact) mass is 271 g/mol. The van der Waals surface area contributed by atoms with E-state index in [4.69, 9.17) is 0 Å². The molecule has 0 radical (unpaired) electrons. The van der Waals surface area contributed by atoms with Crippen molar-refractivity contribution in [3.8, 4) is 11.1 Å². The molecule has 1 heterocycles. The second-order valence-corrected chi connectivity index (χ2v) is 3.77. The van der Waals surface area contributed by atoms with Crippen molar-refractivity contribution < 1.29 is 18.1 Å². The Labute approximate surface area is 105 Å². The van der Waals surface area contributed by atoms with E-state index in [1.165, 1.54) is 19.2 Å². The third kappa shape index (κ3) is 2.28. The third-order valence-electron chi connectivity index (χ3n) is 2.59. The fraction of sp³-hybridized carbons (Fsp3) is 0.182. The van der Waals surface area contributed by atoms with E-state index in [-0.39, 0.29) is 11.1 Å². The molecule has 1 aromatic heterocycles. The topological polar surface area (TPSA) is 61.0 Å². The number of hydrogen-bond acceptors (Lipinski definition) is 3. The van der Waals surface area contributed by atoms with Gasteiger partial charge in [-0.3, -0.25) is 0 Å². The van der Waals surface area contributed by atoms with Crippen LogP contribution in [0.15, 0.2) is 24.3 Å². The molecule has 8 heteroatoms. The zero-order valence-corrected chi connectivity index (χ0v) is 9.68. The molecule has 2 rings (SSSR count). The minimum absolute atomic E-state index is 0.122. The Morgan fingerprint density at radius 3 is 2.37 bits per heavy atom. The van der Waals surface area contributed by atoms with Crippen molar-refractivity contribution in [2.45, 2.75) is 6.43 Å². The van der Waals surface area contributed by atoms with Gasteiger partial charge in [-0.1, -0.05) is 12.1 Å². The first-order chi connectivity index (χ1) is 8.91. The highest BCUT2D eigenvalue weighted by Crippen LogP contribution is 2.37. The van der Waals surface area contributed by atoms with Gasteiger partial charge in [0, 0.05) is 0 Å². The Morgan fingerprint density at radius 2 is 1.89 bits per heavy atom. The van der Waals surface area contributed by atoms with Crippen molar-refractivity contribution in [2.24, 2.45) is 7.05 Å². The Hall–Kier alpha value is -2.38. The predicted octanol–water partition coefficient (Wildman–Crippen LogP) is 3.07. The van der Waals surface area contributed by atoms with Crippen LogP contribution in [0.3, 0.4) is 0 Å². The average molecular weight is 271 g/mol. The van der Waals surface area contributed by atoms with Crippen LogP contribution in [0.25, 0.3) is 11.1 Å². The minimum Gasteiger partial charge on any atom is -0.358 e. The summed E-state index contributed by atoms with van der Waals surface area (Å²) >= 11 is 0. The summed E-state index contributed by atoms with van der Waals surface area (Å²) in [7, 11) is 1.20. The van der Waals surface area contributed by atoms with Crippen LogP contribution in [-0.4, -0.2) is 14.7 Å². The Kier molecular flexibility index (Phi) is 3.24. The predicted molar refractivity (Wildman–Crippen MR) is 60.2 cm³/mol. The molecule has 19 heavy (non-hydrogen) atoms. The Balaban J connectivity index is 2.71. The quantitative estimate of drug-likeness (QED) is 0.636. The Morgan fingerprint density at radius 1 is 1.32 bits per heavy atom. The largest absolute Gasteiger partial charge is 0.398 e. The van der Waals surface area contributed by atoms with Gasteiger partial charge in [0.2, 0.25) is 0 Å². The maximum atomic E-state index is 13.0. The summed E-state index contributed by atoms with van der Waals surface area (Å²) in [6, 6.07) is 4.49. The lowest BCUT2D eigenvalue weighted by atomic mass is 10.1. The molecule has 0 amide bonds. The second-order valence-electron chi connectivity index (χ2n) is 3.77. The van der Waals surface area contributed by atoms with Crippen molar-refractivity contribution in [1.82, 2.24) is 9.78 Å². The van der Waals surface area contributed by atoms with Crippen LogP contribution in [0.5, 0.6) is 0 Å². The molecule has 0 atom stereocenters. The van der Waals surface area contributed by atoms with Gasteiger partial charge >= 0.3 is 5.82 Å². The van der Waals surface area contributed by atoms with E-state index in [9.17, 15) is 23.3 Å². The molecule has 0 fully saturated rings. The molecule has 0 spiro atoms. The molecular formula is C11H8F3N3O2. The van der Waals surface area contributed by atoms with E-state index < -0.39 is 28.7 Å². The first-order valence-electron chi connectivity index (χ1n) is 5.17. The molecule has 0 saturated carbocycles. The van der Waals surface area contributed by atoms with Crippen LogP contribution in [-0.2, 0) is 7.05 Å². The van der Waals surface area contributed by atoms with Crippen LogP contribution >= 0.6 is 0 Å². The van der Waals surface area contributed by atoms with Crippen LogP contribution < -0.4 is 0 Å². The van der Waals surface area contributed by atoms with Gasteiger partial charge in [0.05, 0.1) is 12.1 Å². The molecule has 0 saturated heterocycles. The summed E-state index contributed by atoms with van der Waals surface area (Å²) in [5.74, 6) is -1.24. The van der Waals surface area contributed by atoms with E-state index >= 15 is 0 Å². The molecule has 0 aliphatic rings. The highest BCUT2D eigenvalue weighted by molar-refractivity contribution is 5.74. The van der Waals surface area contributed by atoms with Gasteiger partial charge in [-0.05, 0) is 22.6 Å². The number of hydrogen-bond donors (Lipinski definition) is 0. The third-order valence-corrected chi connectivity index (χ3v) is 2.59. The molecule has 1 aromatic carbocycles. The normalized spacial score (nSPS) is 11.0. The van der Waals surface area contributed by atoms with Gasteiger partial charge < -0.3 is 10.1 Å². The highest BCUT2D eigenvalue weighted by atomic mass is 19.3. The average Bonchev–Trinajstić information content (AvgIpc) is 2.68. The fourth-order valence-corrected chi connectivity index (χ4v) is 1.79. The van der Waals surface area contributed by atoms with Crippen molar-refractivity contribution >= 4 is 5.82 Å². The molecule has 0 unspecified atom stereocenters. The van der Waals surface area contributed by atoms with Gasteiger partial charge in [0.25, 0.3) is 6.43 Å². The maximum absolute atomic E-state index is 13.0. The van der Waals surface area contributed by atoms with Crippen molar-refractivity contribution in [3.05, 3.63) is 45.9 Å². The lowest BCUT2D eigenvalue weighted by Crippen LogP contribution is -1.99. The molecule has 5 nitrogen and oxygen atoms in total. The summed E-state index contributed by atoms with van der Waals surface area (Å²) in [5.41, 5.74) is -0.739. The molecular weight excluding hydrogens is 263 g/mol. The van der Waals surface area contributed by atoms with E-state index in [1.54, 1.807) is 0 Å². The van der Waals surface area contributed by atoms with E-state index in [2.05, 4.69) is 5.10 Å². The first-order valence-corrected chi connectivity index (χ1v) is 5.17. The van der Waals surface area contributed by atoms with E-state index in [0.29, 0.717) is 0 Å². The fourth-order valence-electron chi connectivity index (χ4n) is 1.79. The SMILES string of the molecule is Cn1nc([N+](=O)[O-])c(-c2ccc(F)cc2)c1C(F)F. The standard InChI is InChI=1S/C11H8F3N3O2/c1-16-9(10(13)14)8(11(15-16)17(18)19)6-2-4-7(12)5-3-6/h2-5,10H,1H3. The molecule has 0 N–H and O–H groups in total. The summed E-state index contributed by atoms with van der Waals surface area (Å²) in [6.07, 6.45) is -2.92. The zero-order valence-electron chi connectivity index (χ0n) is 9.68. The first kappa shape index (κ1) is 13.1. The maximum Gasteiger partial charge on any atom is 0.398 e. The van der Waals surface area contributed by atoms with E-state index in [0.717, 1.165) is 16.8 Å². The minimum atomic E-state index is -2.92. The molecule has 0 bridgehead atoms. The summed E-state index contributed by atoms with van der Waals surface area (Å²) in [5, 5.41) is 14.3. The summed E-state index contributed by atoms with van der Waals surface area (Å²) in [6.45, 7) is 0. The number of nitro groups is 1. The molecule has 100 valence electrons. The molecule has 0 aliphatic heterocycles. The smallest absolute Gasteiger partial charge is 0.358 e. The molecule has 0 aliphatic carbocycles. The van der Waals surface area contributed by atoms with E-state index in [1.807, 2.05) is 0 Å². The zero-order chi connectivity index (χ0) is 14.2. The van der Waals surface area contributed by atoms with Gasteiger partial charge in [0.1, 0.15) is 17.1 Å². The van der Waals surface area contributed by atoms with Crippen molar-refractivity contribution in [3.63, 3.8) is 0 Å². The summed E-state index contributed by atoms with van der Waals surface area (Å²) < 4.78 is 39.5. The number of nitrogens with zero attached hydrogens (tertiary/aromatic N) is 3.